The zero-order chi connectivity index (χ0) is 15.3. The van der Waals surface area contributed by atoms with Crippen LogP contribution in [-0.4, -0.2) is 29.9 Å². The minimum absolute atomic E-state index is 0.120. The first kappa shape index (κ1) is 16.1. The molecular weight excluding hydrogens is 308 g/mol. The van der Waals surface area contributed by atoms with Crippen LogP contribution in [0.15, 0.2) is 17.5 Å². The van der Waals surface area contributed by atoms with Crippen molar-refractivity contribution in [2.24, 2.45) is 5.41 Å². The van der Waals surface area contributed by atoms with E-state index in [0.717, 1.165) is 36.0 Å². The van der Waals surface area contributed by atoms with Gasteiger partial charge in [0.1, 0.15) is 0 Å². The monoisotopic (exact) mass is 326 g/mol. The number of hydrogen-bond donors (Lipinski definition) is 1. The van der Waals surface area contributed by atoms with Gasteiger partial charge in [-0.05, 0) is 47.1 Å². The highest BCUT2D eigenvalue weighted by Crippen LogP contribution is 2.51. The molecule has 0 spiro atoms. The van der Waals surface area contributed by atoms with Crippen LogP contribution >= 0.6 is 23.1 Å². The van der Waals surface area contributed by atoms with Crippen molar-refractivity contribution in [2.75, 3.05) is 12.9 Å². The molecule has 1 aromatic heterocycles. The molecule has 2 rings (SSSR count). The van der Waals surface area contributed by atoms with Crippen molar-refractivity contribution >= 4 is 41.1 Å². The first-order valence-electron chi connectivity index (χ1n) is 6.66. The van der Waals surface area contributed by atoms with E-state index in [2.05, 4.69) is 0 Å². The number of ether oxygens (including phenoxy) is 1. The molecule has 0 saturated heterocycles. The maximum absolute atomic E-state index is 11.3. The molecule has 1 heterocycles. The molecule has 114 valence electrons. The maximum Gasteiger partial charge on any atom is 0.328 e. The molecule has 0 atom stereocenters. The lowest BCUT2D eigenvalue weighted by molar-refractivity contribution is -0.141. The van der Waals surface area contributed by atoms with Crippen molar-refractivity contribution in [3.63, 3.8) is 0 Å². The molecule has 0 bridgehead atoms. The summed E-state index contributed by atoms with van der Waals surface area (Å²) in [5.74, 6) is 0.815. The van der Waals surface area contributed by atoms with Crippen molar-refractivity contribution in [3.8, 4) is 0 Å². The topological polar surface area (TPSA) is 63.6 Å². The molecule has 1 aliphatic rings. The molecule has 1 fully saturated rings. The second-order valence-corrected chi connectivity index (χ2v) is 7.25. The van der Waals surface area contributed by atoms with Gasteiger partial charge in [0, 0.05) is 16.7 Å². The largest absolute Gasteiger partial charge is 0.478 e. The van der Waals surface area contributed by atoms with Gasteiger partial charge in [-0.2, -0.15) is 11.8 Å². The normalized spacial score (nSPS) is 16.0. The third-order valence-electron chi connectivity index (χ3n) is 3.45. The molecule has 1 aromatic rings. The van der Waals surface area contributed by atoms with Gasteiger partial charge in [-0.3, -0.25) is 4.79 Å². The number of thiophene rings is 1. The molecule has 6 heteroatoms. The van der Waals surface area contributed by atoms with Crippen LogP contribution in [0.5, 0.6) is 0 Å². The van der Waals surface area contributed by atoms with Crippen LogP contribution in [0.25, 0.3) is 6.08 Å². The first-order valence-corrected chi connectivity index (χ1v) is 8.69. The van der Waals surface area contributed by atoms with E-state index in [-0.39, 0.29) is 11.4 Å². The van der Waals surface area contributed by atoms with E-state index in [1.807, 2.05) is 23.2 Å². The summed E-state index contributed by atoms with van der Waals surface area (Å²) in [5, 5.41) is 10.5. The average molecular weight is 326 g/mol. The Morgan fingerprint density at radius 1 is 1.52 bits per heavy atom. The molecule has 0 unspecified atom stereocenters. The third-order valence-corrected chi connectivity index (χ3v) is 5.92. The van der Waals surface area contributed by atoms with Gasteiger partial charge in [0.05, 0.1) is 13.5 Å². The van der Waals surface area contributed by atoms with Gasteiger partial charge in [0.15, 0.2) is 0 Å². The van der Waals surface area contributed by atoms with E-state index in [0.29, 0.717) is 6.42 Å². The summed E-state index contributed by atoms with van der Waals surface area (Å²) in [6.07, 6.45) is 5.48. The Kier molecular flexibility index (Phi) is 5.47. The third kappa shape index (κ3) is 5.21. The van der Waals surface area contributed by atoms with Gasteiger partial charge >= 0.3 is 11.9 Å². The molecule has 0 aliphatic heterocycles. The molecule has 1 N–H and O–H groups in total. The SMILES string of the molecule is COC(=O)CC1(CSCc2cc(/C=C/C(=O)O)cs2)CC1. The fraction of sp³-hybridized carbons (Fsp3) is 0.467. The number of thioether (sulfide) groups is 1. The number of esters is 1. The second kappa shape index (κ2) is 7.13. The van der Waals surface area contributed by atoms with E-state index in [1.165, 1.54) is 12.0 Å². The molecule has 0 aromatic carbocycles. The number of carboxylic acid groups (broad SMARTS) is 1. The minimum atomic E-state index is -0.935. The van der Waals surface area contributed by atoms with Crippen molar-refractivity contribution < 1.29 is 19.4 Å². The number of carbonyl (C=O) groups excluding carboxylic acids is 1. The number of hydrogen-bond acceptors (Lipinski definition) is 5. The van der Waals surface area contributed by atoms with Gasteiger partial charge in [-0.1, -0.05) is 0 Å². The average Bonchev–Trinajstić information content (AvgIpc) is 3.04. The molecule has 0 radical (unpaired) electrons. The van der Waals surface area contributed by atoms with Crippen LogP contribution in [0.1, 0.15) is 29.7 Å². The molecule has 0 amide bonds. The summed E-state index contributed by atoms with van der Waals surface area (Å²) >= 11 is 3.46. The van der Waals surface area contributed by atoms with E-state index >= 15 is 0 Å². The van der Waals surface area contributed by atoms with Crippen LogP contribution in [0.4, 0.5) is 0 Å². The summed E-state index contributed by atoms with van der Waals surface area (Å²) in [6.45, 7) is 0. The zero-order valence-corrected chi connectivity index (χ0v) is 13.5. The summed E-state index contributed by atoms with van der Waals surface area (Å²) in [4.78, 5) is 23.0. The van der Waals surface area contributed by atoms with Crippen LogP contribution in [-0.2, 0) is 20.1 Å². The van der Waals surface area contributed by atoms with Crippen molar-refractivity contribution in [2.45, 2.75) is 25.0 Å². The predicted octanol–water partition coefficient (Wildman–Crippen LogP) is 3.42. The summed E-state index contributed by atoms with van der Waals surface area (Å²) < 4.78 is 4.74. The molecular formula is C15H18O4S2. The molecule has 1 aliphatic carbocycles. The molecule has 4 nitrogen and oxygen atoms in total. The van der Waals surface area contributed by atoms with E-state index < -0.39 is 5.97 Å². The van der Waals surface area contributed by atoms with Gasteiger partial charge in [0.25, 0.3) is 0 Å². The van der Waals surface area contributed by atoms with Gasteiger partial charge < -0.3 is 9.84 Å². The summed E-state index contributed by atoms with van der Waals surface area (Å²) in [5.41, 5.74) is 1.08. The quantitative estimate of drug-likeness (QED) is 0.586. The Labute approximate surface area is 132 Å². The lowest BCUT2D eigenvalue weighted by Gasteiger charge is -2.12. The summed E-state index contributed by atoms with van der Waals surface area (Å²) in [7, 11) is 1.43. The maximum atomic E-state index is 11.3. The van der Waals surface area contributed by atoms with Crippen LogP contribution < -0.4 is 0 Å². The van der Waals surface area contributed by atoms with Crippen molar-refractivity contribution in [1.82, 2.24) is 0 Å². The lowest BCUT2D eigenvalue weighted by atomic mass is 10.1. The number of methoxy groups -OCH3 is 1. The molecule has 21 heavy (non-hydrogen) atoms. The van der Waals surface area contributed by atoms with Crippen molar-refractivity contribution in [3.05, 3.63) is 28.0 Å². The summed E-state index contributed by atoms with van der Waals surface area (Å²) in [6, 6.07) is 2.01. The van der Waals surface area contributed by atoms with E-state index in [9.17, 15) is 9.59 Å². The zero-order valence-electron chi connectivity index (χ0n) is 11.8. The smallest absolute Gasteiger partial charge is 0.328 e. The predicted molar refractivity (Wildman–Crippen MR) is 85.5 cm³/mol. The number of rotatable bonds is 8. The van der Waals surface area contributed by atoms with Gasteiger partial charge in [0.2, 0.25) is 0 Å². The Hall–Kier alpha value is -1.27. The Balaban J connectivity index is 1.76. The highest BCUT2D eigenvalue weighted by molar-refractivity contribution is 7.98. The molecule has 1 saturated carbocycles. The minimum Gasteiger partial charge on any atom is -0.478 e. The van der Waals surface area contributed by atoms with E-state index in [4.69, 9.17) is 9.84 Å². The highest BCUT2D eigenvalue weighted by Gasteiger charge is 2.44. The van der Waals surface area contributed by atoms with Crippen LogP contribution in [0, 0.1) is 5.41 Å². The van der Waals surface area contributed by atoms with E-state index in [1.54, 1.807) is 17.4 Å². The number of carbonyl (C=O) groups is 2. The first-order chi connectivity index (χ1) is 10.0. The van der Waals surface area contributed by atoms with Crippen LogP contribution in [0.3, 0.4) is 0 Å². The Morgan fingerprint density at radius 3 is 2.90 bits per heavy atom. The fourth-order valence-electron chi connectivity index (χ4n) is 2.02. The standard InChI is InChI=1S/C15H18O4S2/c1-19-14(18)7-15(4-5-15)10-20-9-12-6-11(8-21-12)2-3-13(16)17/h2-3,6,8H,4-5,7,9-10H2,1H3,(H,16,17)/b3-2+. The Bertz CT molecular complexity index is 544. The fourth-order valence-corrected chi connectivity index (χ4v) is 4.39. The van der Waals surface area contributed by atoms with Gasteiger partial charge in [-0.25, -0.2) is 4.79 Å². The lowest BCUT2D eigenvalue weighted by Crippen LogP contribution is -2.13. The van der Waals surface area contributed by atoms with Crippen molar-refractivity contribution in [1.29, 1.82) is 0 Å². The highest BCUT2D eigenvalue weighted by atomic mass is 32.2. The second-order valence-electron chi connectivity index (χ2n) is 5.26. The number of aliphatic carboxylic acids is 1. The van der Waals surface area contributed by atoms with Crippen LogP contribution in [0.2, 0.25) is 0 Å². The van der Waals surface area contributed by atoms with Gasteiger partial charge in [-0.15, -0.1) is 11.3 Å². The Morgan fingerprint density at radius 2 is 2.29 bits per heavy atom. The number of carboxylic acids is 1.